The van der Waals surface area contributed by atoms with Gasteiger partial charge in [-0.15, -0.1) is 0 Å². The van der Waals surface area contributed by atoms with Crippen molar-refractivity contribution in [2.24, 2.45) is 0 Å². The molecule has 5 nitrogen and oxygen atoms in total. The Hall–Kier alpha value is -7.39. The summed E-state index contributed by atoms with van der Waals surface area (Å²) >= 11 is 0. The summed E-state index contributed by atoms with van der Waals surface area (Å²) < 4.78 is 4.41. The minimum absolute atomic E-state index is 0.575. The molecule has 7 aromatic carbocycles. The van der Waals surface area contributed by atoms with Gasteiger partial charge >= 0.3 is 0 Å². The monoisotopic (exact) mass is 635 g/mol. The number of fused-ring (bicyclic) bond motifs is 6. The van der Waals surface area contributed by atoms with Gasteiger partial charge in [-0.05, 0) is 71.3 Å². The first-order valence-electron chi connectivity index (χ1n) is 16.3. The maximum absolute atomic E-state index is 10.2. The van der Waals surface area contributed by atoms with Crippen molar-refractivity contribution in [1.29, 1.82) is 10.5 Å². The highest BCUT2D eigenvalue weighted by molar-refractivity contribution is 6.11. The first kappa shape index (κ1) is 28.8. The molecule has 2 aromatic heterocycles. The van der Waals surface area contributed by atoms with Gasteiger partial charge < -0.3 is 9.13 Å². The van der Waals surface area contributed by atoms with Crippen LogP contribution in [0.3, 0.4) is 0 Å². The second-order valence-corrected chi connectivity index (χ2v) is 12.3. The summed E-state index contributed by atoms with van der Waals surface area (Å²) in [7, 11) is 0. The van der Waals surface area contributed by atoms with Gasteiger partial charge in [0.05, 0.1) is 57.6 Å². The minimum Gasteiger partial charge on any atom is -0.318 e. The summed E-state index contributed by atoms with van der Waals surface area (Å²) in [6.07, 6.45) is 0. The number of aromatic nitrogens is 2. The standard InChI is InChI=1S/C45H25N5/c1-48-40-13-8-12-34(45(40)50-42-15-6-2-9-35(42)36-10-3-7-16-43(36)50)30-18-20-31(21-19-30)38-26-33(23-22-32(38)28-47)49-41-14-5-4-11-37(41)39-25-29(27-46)17-24-44(39)49/h2-26H. The predicted molar refractivity (Wildman–Crippen MR) is 202 cm³/mol. The fourth-order valence-electron chi connectivity index (χ4n) is 7.41. The predicted octanol–water partition coefficient (Wildman–Crippen LogP) is 11.5. The van der Waals surface area contributed by atoms with Crippen LogP contribution in [0.15, 0.2) is 152 Å². The molecule has 2 heterocycles. The molecule has 0 unspecified atom stereocenters. The Bertz CT molecular complexity index is 2900. The number of hydrogen-bond donors (Lipinski definition) is 0. The Labute approximate surface area is 288 Å². The first-order chi connectivity index (χ1) is 24.7. The van der Waals surface area contributed by atoms with Crippen LogP contribution in [0.2, 0.25) is 0 Å². The molecule has 0 fully saturated rings. The van der Waals surface area contributed by atoms with E-state index in [2.05, 4.69) is 111 Å². The molecule has 5 heteroatoms. The summed E-state index contributed by atoms with van der Waals surface area (Å²) in [5, 5.41) is 24.1. The number of para-hydroxylation sites is 4. The van der Waals surface area contributed by atoms with Crippen molar-refractivity contribution in [3.05, 3.63) is 174 Å². The molecule has 0 saturated heterocycles. The van der Waals surface area contributed by atoms with Crippen molar-refractivity contribution < 1.29 is 0 Å². The lowest BCUT2D eigenvalue weighted by Gasteiger charge is -2.17. The molecule has 0 amide bonds. The van der Waals surface area contributed by atoms with Crippen LogP contribution in [0.25, 0.3) is 82.1 Å². The second-order valence-electron chi connectivity index (χ2n) is 12.3. The smallest absolute Gasteiger partial charge is 0.211 e. The van der Waals surface area contributed by atoms with E-state index in [4.69, 9.17) is 6.57 Å². The van der Waals surface area contributed by atoms with Crippen LogP contribution in [0, 0.1) is 29.2 Å². The van der Waals surface area contributed by atoms with E-state index in [0.717, 1.165) is 77.2 Å². The molecular weight excluding hydrogens is 611 g/mol. The van der Waals surface area contributed by atoms with Gasteiger partial charge in [0.2, 0.25) is 5.69 Å². The minimum atomic E-state index is 0.575. The Morgan fingerprint density at radius 1 is 0.480 bits per heavy atom. The lowest BCUT2D eigenvalue weighted by molar-refractivity contribution is 1.18. The molecular formula is C45H25N5. The van der Waals surface area contributed by atoms with Crippen LogP contribution in [0.5, 0.6) is 0 Å². The van der Waals surface area contributed by atoms with E-state index < -0.39 is 0 Å². The van der Waals surface area contributed by atoms with Gasteiger partial charge in [0.15, 0.2) is 0 Å². The lowest BCUT2D eigenvalue weighted by atomic mass is 9.95. The Morgan fingerprint density at radius 3 is 1.68 bits per heavy atom. The van der Waals surface area contributed by atoms with Gasteiger partial charge in [-0.25, -0.2) is 4.85 Å². The summed E-state index contributed by atoms with van der Waals surface area (Å²) in [5.74, 6) is 0. The van der Waals surface area contributed by atoms with Crippen LogP contribution in [0.1, 0.15) is 11.1 Å². The van der Waals surface area contributed by atoms with Gasteiger partial charge in [-0.2, -0.15) is 10.5 Å². The second kappa shape index (κ2) is 11.4. The molecule has 0 aliphatic heterocycles. The van der Waals surface area contributed by atoms with Gasteiger partial charge in [-0.3, -0.25) is 0 Å². The van der Waals surface area contributed by atoms with E-state index in [9.17, 15) is 10.5 Å². The fourth-order valence-corrected chi connectivity index (χ4v) is 7.41. The summed E-state index contributed by atoms with van der Waals surface area (Å²) in [6.45, 7) is 8.12. The van der Waals surface area contributed by atoms with Crippen LogP contribution in [-0.2, 0) is 0 Å². The average Bonchev–Trinajstić information content (AvgIpc) is 3.70. The van der Waals surface area contributed by atoms with Crippen molar-refractivity contribution in [3.8, 4) is 45.8 Å². The summed E-state index contributed by atoms with van der Waals surface area (Å²) in [5.41, 5.74) is 11.3. The zero-order chi connectivity index (χ0) is 33.8. The molecule has 0 saturated carbocycles. The highest BCUT2D eigenvalue weighted by atomic mass is 15.0. The van der Waals surface area contributed by atoms with Gasteiger partial charge in [0.25, 0.3) is 0 Å². The largest absolute Gasteiger partial charge is 0.318 e. The van der Waals surface area contributed by atoms with Crippen LogP contribution >= 0.6 is 0 Å². The highest BCUT2D eigenvalue weighted by Crippen LogP contribution is 2.41. The Kier molecular flexibility index (Phi) is 6.56. The van der Waals surface area contributed by atoms with E-state index in [0.29, 0.717) is 16.8 Å². The molecule has 0 aliphatic rings. The topological polar surface area (TPSA) is 61.8 Å². The summed E-state index contributed by atoms with van der Waals surface area (Å²) in [6, 6.07) is 55.4. The molecule has 0 N–H and O–H groups in total. The maximum Gasteiger partial charge on any atom is 0.211 e. The third-order valence-electron chi connectivity index (χ3n) is 9.63. The molecule has 0 spiro atoms. The molecule has 230 valence electrons. The zero-order valence-corrected chi connectivity index (χ0v) is 26.7. The van der Waals surface area contributed by atoms with E-state index >= 15 is 0 Å². The Morgan fingerprint density at radius 2 is 1.06 bits per heavy atom. The normalized spacial score (nSPS) is 11.1. The van der Waals surface area contributed by atoms with E-state index in [1.165, 1.54) is 0 Å². The van der Waals surface area contributed by atoms with Crippen LogP contribution in [0.4, 0.5) is 5.69 Å². The number of hydrogen-bond acceptors (Lipinski definition) is 2. The molecule has 9 aromatic rings. The molecule has 0 radical (unpaired) electrons. The van der Waals surface area contributed by atoms with Crippen molar-refractivity contribution in [3.63, 3.8) is 0 Å². The average molecular weight is 636 g/mol. The molecule has 0 atom stereocenters. The SMILES string of the molecule is [C-]#[N+]c1cccc(-c2ccc(-c3cc(-n4c5ccccc5c5cc(C#N)ccc54)ccc3C#N)cc2)c1-n1c2ccccc2c2ccccc21. The third kappa shape index (κ3) is 4.31. The third-order valence-corrected chi connectivity index (χ3v) is 9.63. The van der Waals surface area contributed by atoms with E-state index in [1.54, 1.807) is 0 Å². The zero-order valence-electron chi connectivity index (χ0n) is 26.7. The van der Waals surface area contributed by atoms with Gasteiger partial charge in [-0.1, -0.05) is 97.1 Å². The number of rotatable bonds is 4. The quantitative estimate of drug-likeness (QED) is 0.181. The maximum atomic E-state index is 10.2. The van der Waals surface area contributed by atoms with Crippen LogP contribution in [-0.4, -0.2) is 9.13 Å². The molecule has 50 heavy (non-hydrogen) atoms. The number of nitrogens with zero attached hydrogens (tertiary/aromatic N) is 5. The fraction of sp³-hybridized carbons (Fsp3) is 0. The van der Waals surface area contributed by atoms with Crippen molar-refractivity contribution in [1.82, 2.24) is 9.13 Å². The lowest BCUT2D eigenvalue weighted by Crippen LogP contribution is -1.98. The van der Waals surface area contributed by atoms with E-state index in [1.807, 2.05) is 66.7 Å². The molecule has 0 bridgehead atoms. The Balaban J connectivity index is 1.20. The highest BCUT2D eigenvalue weighted by Gasteiger charge is 2.19. The number of nitriles is 2. The first-order valence-corrected chi connectivity index (χ1v) is 16.3. The number of benzene rings is 7. The van der Waals surface area contributed by atoms with Crippen molar-refractivity contribution in [2.45, 2.75) is 0 Å². The van der Waals surface area contributed by atoms with E-state index in [-0.39, 0.29) is 0 Å². The van der Waals surface area contributed by atoms with Gasteiger partial charge in [0, 0.05) is 32.8 Å². The molecule has 9 rings (SSSR count). The van der Waals surface area contributed by atoms with Crippen molar-refractivity contribution in [2.75, 3.05) is 0 Å². The van der Waals surface area contributed by atoms with Gasteiger partial charge in [0.1, 0.15) is 0 Å². The summed E-state index contributed by atoms with van der Waals surface area (Å²) in [4.78, 5) is 3.98. The van der Waals surface area contributed by atoms with Crippen LogP contribution < -0.4 is 0 Å². The molecule has 0 aliphatic carbocycles. The van der Waals surface area contributed by atoms with Crippen molar-refractivity contribution >= 4 is 49.3 Å².